The molecule has 3 amide bonds. The van der Waals surface area contributed by atoms with E-state index >= 15 is 0 Å². The molecule has 1 aliphatic heterocycles. The highest BCUT2D eigenvalue weighted by Gasteiger charge is 2.32. The molecule has 2 aromatic rings. The number of halogens is 1. The number of amides is 3. The Balaban J connectivity index is 1.52. The van der Waals surface area contributed by atoms with E-state index < -0.39 is 12.1 Å². The first-order valence-corrected chi connectivity index (χ1v) is 12.2. The van der Waals surface area contributed by atoms with Crippen LogP contribution in [-0.2, 0) is 20.8 Å². The predicted octanol–water partition coefficient (Wildman–Crippen LogP) is 3.10. The summed E-state index contributed by atoms with van der Waals surface area (Å²) in [7, 11) is 0. The van der Waals surface area contributed by atoms with Crippen LogP contribution in [0.25, 0.3) is 0 Å². The molecule has 1 fully saturated rings. The zero-order chi connectivity index (χ0) is 25.4. The molecule has 8 heteroatoms. The summed E-state index contributed by atoms with van der Waals surface area (Å²) < 4.78 is 13.2. The molecule has 2 atom stereocenters. The van der Waals surface area contributed by atoms with Gasteiger partial charge in [0.2, 0.25) is 17.7 Å². The number of hydrogen-bond acceptors (Lipinski definition) is 4. The number of anilines is 1. The molecular weight excluding hydrogens is 447 g/mol. The van der Waals surface area contributed by atoms with Crippen LogP contribution in [0.15, 0.2) is 54.6 Å². The zero-order valence-corrected chi connectivity index (χ0v) is 20.4. The summed E-state index contributed by atoms with van der Waals surface area (Å²) in [4.78, 5) is 40.3. The molecule has 2 unspecified atom stereocenters. The maximum absolute atomic E-state index is 13.2. The van der Waals surface area contributed by atoms with Gasteiger partial charge < -0.3 is 21.3 Å². The van der Waals surface area contributed by atoms with Crippen molar-refractivity contribution in [3.8, 4) is 0 Å². The third kappa shape index (κ3) is 7.89. The molecule has 1 aliphatic rings. The van der Waals surface area contributed by atoms with Gasteiger partial charge in [0.25, 0.3) is 0 Å². The van der Waals surface area contributed by atoms with Crippen molar-refractivity contribution in [3.63, 3.8) is 0 Å². The van der Waals surface area contributed by atoms with Gasteiger partial charge in [-0.15, -0.1) is 0 Å². The molecule has 0 radical (unpaired) electrons. The Morgan fingerprint density at radius 3 is 2.26 bits per heavy atom. The van der Waals surface area contributed by atoms with Crippen LogP contribution < -0.4 is 16.4 Å². The van der Waals surface area contributed by atoms with Crippen LogP contribution >= 0.6 is 0 Å². The molecule has 35 heavy (non-hydrogen) atoms. The third-order valence-electron chi connectivity index (χ3n) is 6.24. The van der Waals surface area contributed by atoms with Crippen LogP contribution in [0.1, 0.15) is 38.7 Å². The molecule has 0 aliphatic carbocycles. The number of nitrogens with two attached hydrogens (primary N) is 1. The number of piperidine rings is 1. The van der Waals surface area contributed by atoms with Crippen molar-refractivity contribution in [2.45, 2.75) is 51.6 Å². The average Bonchev–Trinajstić information content (AvgIpc) is 2.85. The maximum atomic E-state index is 13.2. The van der Waals surface area contributed by atoms with Gasteiger partial charge in [0.1, 0.15) is 11.9 Å². The molecule has 7 nitrogen and oxygen atoms in total. The van der Waals surface area contributed by atoms with E-state index in [0.717, 1.165) is 5.56 Å². The highest BCUT2D eigenvalue weighted by atomic mass is 19.1. The second kappa shape index (κ2) is 12.4. The topological polar surface area (TPSA) is 105 Å². The third-order valence-corrected chi connectivity index (χ3v) is 6.24. The first-order chi connectivity index (χ1) is 16.7. The molecule has 0 saturated carbocycles. The van der Waals surface area contributed by atoms with Crippen molar-refractivity contribution in [2.75, 3.05) is 18.4 Å². The van der Waals surface area contributed by atoms with E-state index in [0.29, 0.717) is 44.5 Å². The van der Waals surface area contributed by atoms with Gasteiger partial charge >= 0.3 is 0 Å². The van der Waals surface area contributed by atoms with E-state index in [-0.39, 0.29) is 35.4 Å². The zero-order valence-electron chi connectivity index (χ0n) is 20.4. The first kappa shape index (κ1) is 26.3. The van der Waals surface area contributed by atoms with Crippen LogP contribution in [0.2, 0.25) is 0 Å². The van der Waals surface area contributed by atoms with Crippen LogP contribution in [0.5, 0.6) is 0 Å². The van der Waals surface area contributed by atoms with Gasteiger partial charge in [0.05, 0.1) is 6.04 Å². The lowest BCUT2D eigenvalue weighted by Crippen LogP contribution is -2.51. The largest absolute Gasteiger partial charge is 0.344 e. The SMILES string of the molecule is CC(C)CC(NC(=O)C1CCN(C(=O)C(N)Cc2ccccc2)CC1)C(=O)Nc1ccc(F)cc1. The Bertz CT molecular complexity index is 989. The number of rotatable bonds is 9. The molecule has 4 N–H and O–H groups in total. The second-order valence-corrected chi connectivity index (χ2v) is 9.58. The first-order valence-electron chi connectivity index (χ1n) is 12.2. The molecule has 188 valence electrons. The standard InChI is InChI=1S/C27H35FN4O3/c1-18(2)16-24(26(34)30-22-10-8-21(28)9-11-22)31-25(33)20-12-14-32(15-13-20)27(35)23(29)17-19-6-4-3-5-7-19/h3-11,18,20,23-24H,12-17,29H2,1-2H3,(H,30,34)(H,31,33). The van der Waals surface area contributed by atoms with Gasteiger partial charge in [-0.25, -0.2) is 4.39 Å². The summed E-state index contributed by atoms with van der Waals surface area (Å²) in [6.45, 7) is 4.87. The highest BCUT2D eigenvalue weighted by Crippen LogP contribution is 2.20. The van der Waals surface area contributed by atoms with Crippen LogP contribution in [0.3, 0.4) is 0 Å². The van der Waals surface area contributed by atoms with Crippen molar-refractivity contribution < 1.29 is 18.8 Å². The molecule has 0 bridgehead atoms. The van der Waals surface area contributed by atoms with Gasteiger partial charge in [-0.2, -0.15) is 0 Å². The van der Waals surface area contributed by atoms with Crippen molar-refractivity contribution in [1.29, 1.82) is 0 Å². The Hall–Kier alpha value is -3.26. The predicted molar refractivity (Wildman–Crippen MR) is 134 cm³/mol. The molecule has 0 spiro atoms. The summed E-state index contributed by atoms with van der Waals surface area (Å²) in [6.07, 6.45) is 1.98. The Morgan fingerprint density at radius 2 is 1.66 bits per heavy atom. The van der Waals surface area contributed by atoms with Gasteiger partial charge in [-0.05, 0) is 61.4 Å². The van der Waals surface area contributed by atoms with Crippen LogP contribution in [0.4, 0.5) is 10.1 Å². The summed E-state index contributed by atoms with van der Waals surface area (Å²) in [5.41, 5.74) is 7.64. The van der Waals surface area contributed by atoms with E-state index in [9.17, 15) is 18.8 Å². The second-order valence-electron chi connectivity index (χ2n) is 9.58. The fraction of sp³-hybridized carbons (Fsp3) is 0.444. The fourth-order valence-corrected chi connectivity index (χ4v) is 4.31. The molecule has 1 heterocycles. The quantitative estimate of drug-likeness (QED) is 0.511. The maximum Gasteiger partial charge on any atom is 0.246 e. The van der Waals surface area contributed by atoms with E-state index in [1.165, 1.54) is 24.3 Å². The van der Waals surface area contributed by atoms with Crippen molar-refractivity contribution >= 4 is 23.4 Å². The number of nitrogens with one attached hydrogen (secondary N) is 2. The number of hydrogen-bond donors (Lipinski definition) is 3. The highest BCUT2D eigenvalue weighted by molar-refractivity contribution is 5.97. The summed E-state index contributed by atoms with van der Waals surface area (Å²) in [6, 6.07) is 13.8. The van der Waals surface area contributed by atoms with Gasteiger partial charge in [0.15, 0.2) is 0 Å². The van der Waals surface area contributed by atoms with E-state index in [4.69, 9.17) is 5.73 Å². The van der Waals surface area contributed by atoms with Crippen LogP contribution in [-0.4, -0.2) is 47.8 Å². The molecule has 0 aromatic heterocycles. The van der Waals surface area contributed by atoms with Gasteiger partial charge in [-0.3, -0.25) is 14.4 Å². The Kier molecular flexibility index (Phi) is 9.37. The minimum Gasteiger partial charge on any atom is -0.344 e. The molecule has 2 aromatic carbocycles. The lowest BCUT2D eigenvalue weighted by molar-refractivity contribution is -0.137. The van der Waals surface area contributed by atoms with Gasteiger partial charge in [-0.1, -0.05) is 44.2 Å². The molecular formula is C27H35FN4O3. The minimum atomic E-state index is -0.702. The Labute approximate surface area is 206 Å². The number of carbonyl (C=O) groups is 3. The lowest BCUT2D eigenvalue weighted by atomic mass is 9.94. The summed E-state index contributed by atoms with van der Waals surface area (Å²) in [5.74, 6) is -1.11. The van der Waals surface area contributed by atoms with Crippen LogP contribution in [0, 0.1) is 17.7 Å². The molecule has 3 rings (SSSR count). The number of likely N-dealkylation sites (tertiary alicyclic amines) is 1. The minimum absolute atomic E-state index is 0.107. The van der Waals surface area contributed by atoms with Crippen molar-refractivity contribution in [3.05, 3.63) is 66.0 Å². The monoisotopic (exact) mass is 482 g/mol. The van der Waals surface area contributed by atoms with Gasteiger partial charge in [0, 0.05) is 24.7 Å². The van der Waals surface area contributed by atoms with Crippen molar-refractivity contribution in [2.24, 2.45) is 17.6 Å². The van der Waals surface area contributed by atoms with Crippen molar-refractivity contribution in [1.82, 2.24) is 10.2 Å². The lowest BCUT2D eigenvalue weighted by Gasteiger charge is -2.33. The Morgan fingerprint density at radius 1 is 1.03 bits per heavy atom. The van der Waals surface area contributed by atoms with E-state index in [1.54, 1.807) is 4.90 Å². The summed E-state index contributed by atoms with van der Waals surface area (Å²) in [5, 5.41) is 5.65. The average molecular weight is 483 g/mol. The van der Waals surface area contributed by atoms with E-state index in [2.05, 4.69) is 10.6 Å². The van der Waals surface area contributed by atoms with E-state index in [1.807, 2.05) is 44.2 Å². The summed E-state index contributed by atoms with van der Waals surface area (Å²) >= 11 is 0. The smallest absolute Gasteiger partial charge is 0.246 e. The number of carbonyl (C=O) groups excluding carboxylic acids is 3. The number of nitrogens with zero attached hydrogens (tertiary/aromatic N) is 1. The number of benzene rings is 2. The fourth-order valence-electron chi connectivity index (χ4n) is 4.31. The molecule has 1 saturated heterocycles. The normalized spacial score (nSPS) is 16.0.